The lowest BCUT2D eigenvalue weighted by molar-refractivity contribution is -0.160. The molecule has 5 heteroatoms. The van der Waals surface area contributed by atoms with Crippen LogP contribution < -0.4 is 0 Å². The van der Waals surface area contributed by atoms with E-state index in [0.29, 0.717) is 10.6 Å². The number of hydrogen-bond donors (Lipinski definition) is 0. The molecular formula is C13H13ClO4. The molecule has 2 aliphatic rings. The Morgan fingerprint density at radius 1 is 1.56 bits per heavy atom. The molecule has 2 atom stereocenters. The van der Waals surface area contributed by atoms with Gasteiger partial charge in [0.25, 0.3) is 0 Å². The van der Waals surface area contributed by atoms with Crippen molar-refractivity contribution in [2.24, 2.45) is 5.41 Å². The van der Waals surface area contributed by atoms with Gasteiger partial charge in [0.05, 0.1) is 6.61 Å². The first kappa shape index (κ1) is 12.9. The van der Waals surface area contributed by atoms with Crippen LogP contribution in [-0.4, -0.2) is 24.6 Å². The van der Waals surface area contributed by atoms with Crippen molar-refractivity contribution >= 4 is 23.5 Å². The Balaban J connectivity index is 2.55. The van der Waals surface area contributed by atoms with E-state index in [1.54, 1.807) is 26.0 Å². The molecule has 0 radical (unpaired) electrons. The van der Waals surface area contributed by atoms with Gasteiger partial charge < -0.3 is 9.47 Å². The van der Waals surface area contributed by atoms with E-state index in [9.17, 15) is 9.59 Å². The van der Waals surface area contributed by atoms with Crippen molar-refractivity contribution in [3.05, 3.63) is 34.9 Å². The first-order valence-corrected chi connectivity index (χ1v) is 6.05. The Morgan fingerprint density at radius 3 is 2.94 bits per heavy atom. The summed E-state index contributed by atoms with van der Waals surface area (Å²) in [5.41, 5.74) is -0.930. The number of rotatable bonds is 2. The van der Waals surface area contributed by atoms with Gasteiger partial charge in [0.15, 0.2) is 0 Å². The van der Waals surface area contributed by atoms with Gasteiger partial charge in [-0.2, -0.15) is 0 Å². The number of hydrogen-bond acceptors (Lipinski definition) is 4. The minimum absolute atomic E-state index is 0.199. The Bertz CT molecular complexity index is 489. The van der Waals surface area contributed by atoms with Crippen LogP contribution in [-0.2, 0) is 19.1 Å². The maximum absolute atomic E-state index is 12.1. The molecule has 1 aliphatic carbocycles. The highest BCUT2D eigenvalue weighted by Gasteiger charge is 2.57. The summed E-state index contributed by atoms with van der Waals surface area (Å²) >= 11 is 5.90. The number of esters is 2. The van der Waals surface area contributed by atoms with Crippen LogP contribution in [0.2, 0.25) is 0 Å². The molecule has 2 rings (SSSR count). The van der Waals surface area contributed by atoms with Gasteiger partial charge in [-0.05, 0) is 26.0 Å². The van der Waals surface area contributed by atoms with E-state index in [0.717, 1.165) is 0 Å². The van der Waals surface area contributed by atoms with Crippen molar-refractivity contribution in [3.8, 4) is 0 Å². The molecule has 0 bridgehead atoms. The van der Waals surface area contributed by atoms with Crippen molar-refractivity contribution in [1.82, 2.24) is 0 Å². The van der Waals surface area contributed by atoms with Crippen molar-refractivity contribution in [2.75, 3.05) is 6.61 Å². The van der Waals surface area contributed by atoms with E-state index in [1.807, 2.05) is 0 Å². The predicted molar refractivity (Wildman–Crippen MR) is 65.8 cm³/mol. The van der Waals surface area contributed by atoms with Crippen LogP contribution in [0.15, 0.2) is 34.9 Å². The highest BCUT2D eigenvalue weighted by atomic mass is 35.5. The SMILES string of the molecule is CCOC(=O)[C@]12C=CC(Cl)=CC=C1[C@H](C)OC2=O. The number of carbonyl (C=O) groups is 2. The second-order valence-electron chi connectivity index (χ2n) is 4.08. The average Bonchev–Trinajstić information content (AvgIpc) is 2.47. The lowest BCUT2D eigenvalue weighted by atomic mass is 9.80. The van der Waals surface area contributed by atoms with Crippen LogP contribution in [0.5, 0.6) is 0 Å². The van der Waals surface area contributed by atoms with Gasteiger partial charge in [0.2, 0.25) is 5.41 Å². The summed E-state index contributed by atoms with van der Waals surface area (Å²) in [5.74, 6) is -1.24. The van der Waals surface area contributed by atoms with Crippen LogP contribution in [0.4, 0.5) is 0 Å². The Morgan fingerprint density at radius 2 is 2.28 bits per heavy atom. The van der Waals surface area contributed by atoms with E-state index < -0.39 is 23.5 Å². The molecule has 4 nitrogen and oxygen atoms in total. The number of ether oxygens (including phenoxy) is 2. The highest BCUT2D eigenvalue weighted by Crippen LogP contribution is 2.43. The van der Waals surface area contributed by atoms with Crippen LogP contribution in [0.3, 0.4) is 0 Å². The molecule has 0 saturated carbocycles. The number of fused-ring (bicyclic) bond motifs is 1. The standard InChI is InChI=1S/C13H13ClO4/c1-3-17-11(15)13-7-6-9(14)4-5-10(13)8(2)18-12(13)16/h4-8H,3H2,1-2H3/t8-,13-/m0/s1. The van der Waals surface area contributed by atoms with Crippen molar-refractivity contribution in [3.63, 3.8) is 0 Å². The summed E-state index contributed by atoms with van der Waals surface area (Å²) in [4.78, 5) is 24.2. The lowest BCUT2D eigenvalue weighted by Gasteiger charge is -2.20. The molecule has 0 N–H and O–H groups in total. The van der Waals surface area contributed by atoms with E-state index in [4.69, 9.17) is 21.1 Å². The molecule has 1 saturated heterocycles. The van der Waals surface area contributed by atoms with Crippen LogP contribution in [0.1, 0.15) is 13.8 Å². The third-order valence-corrected chi connectivity index (χ3v) is 3.26. The molecule has 0 spiro atoms. The third-order valence-electron chi connectivity index (χ3n) is 3.01. The summed E-state index contributed by atoms with van der Waals surface area (Å²) in [6.45, 7) is 3.60. The second kappa shape index (κ2) is 4.61. The van der Waals surface area contributed by atoms with Gasteiger partial charge in [0.1, 0.15) is 6.10 Å². The van der Waals surface area contributed by atoms with E-state index in [1.165, 1.54) is 12.2 Å². The second-order valence-corrected chi connectivity index (χ2v) is 4.52. The smallest absolute Gasteiger partial charge is 0.332 e. The minimum atomic E-state index is -1.48. The maximum atomic E-state index is 12.1. The third kappa shape index (κ3) is 1.77. The zero-order chi connectivity index (χ0) is 13.3. The minimum Gasteiger partial charge on any atom is -0.465 e. The molecule has 1 heterocycles. The van der Waals surface area contributed by atoms with Crippen molar-refractivity contribution in [1.29, 1.82) is 0 Å². The summed E-state index contributed by atoms with van der Waals surface area (Å²) in [7, 11) is 0. The van der Waals surface area contributed by atoms with Crippen LogP contribution >= 0.6 is 11.6 Å². The first-order valence-electron chi connectivity index (χ1n) is 5.67. The molecule has 1 aliphatic heterocycles. The monoisotopic (exact) mass is 268 g/mol. The summed E-state index contributed by atoms with van der Waals surface area (Å²) < 4.78 is 10.1. The van der Waals surface area contributed by atoms with E-state index in [-0.39, 0.29) is 6.61 Å². The fraction of sp³-hybridized carbons (Fsp3) is 0.385. The highest BCUT2D eigenvalue weighted by molar-refractivity contribution is 6.31. The first-order chi connectivity index (χ1) is 8.52. The van der Waals surface area contributed by atoms with Gasteiger partial charge in [-0.1, -0.05) is 23.8 Å². The van der Waals surface area contributed by atoms with Gasteiger partial charge in [-0.15, -0.1) is 0 Å². The fourth-order valence-electron chi connectivity index (χ4n) is 2.13. The number of carbonyl (C=O) groups excluding carboxylic acids is 2. The van der Waals surface area contributed by atoms with E-state index in [2.05, 4.69) is 0 Å². The van der Waals surface area contributed by atoms with Crippen molar-refractivity contribution in [2.45, 2.75) is 20.0 Å². The normalized spacial score (nSPS) is 29.9. The van der Waals surface area contributed by atoms with E-state index >= 15 is 0 Å². The van der Waals surface area contributed by atoms with Gasteiger partial charge in [-0.3, -0.25) is 9.59 Å². The van der Waals surface area contributed by atoms with Gasteiger partial charge in [-0.25, -0.2) is 0 Å². The average molecular weight is 269 g/mol. The lowest BCUT2D eigenvalue weighted by Crippen LogP contribution is -2.37. The topological polar surface area (TPSA) is 52.6 Å². The Hall–Kier alpha value is -1.55. The summed E-state index contributed by atoms with van der Waals surface area (Å²) in [6.07, 6.45) is 5.78. The Kier molecular flexibility index (Phi) is 3.30. The van der Waals surface area contributed by atoms with Crippen molar-refractivity contribution < 1.29 is 19.1 Å². The molecule has 0 unspecified atom stereocenters. The Labute approximate surface area is 110 Å². The number of cyclic esters (lactones) is 1. The molecule has 0 amide bonds. The molecule has 18 heavy (non-hydrogen) atoms. The summed E-state index contributed by atoms with van der Waals surface area (Å²) in [6, 6.07) is 0. The predicted octanol–water partition coefficient (Wildman–Crippen LogP) is 2.10. The molecular weight excluding hydrogens is 256 g/mol. The fourth-order valence-corrected chi connectivity index (χ4v) is 2.26. The maximum Gasteiger partial charge on any atom is 0.332 e. The molecule has 0 aromatic heterocycles. The van der Waals surface area contributed by atoms with Gasteiger partial charge in [0, 0.05) is 10.6 Å². The zero-order valence-electron chi connectivity index (χ0n) is 10.1. The zero-order valence-corrected chi connectivity index (χ0v) is 10.9. The number of allylic oxidation sites excluding steroid dienone is 4. The molecule has 96 valence electrons. The van der Waals surface area contributed by atoms with Crippen LogP contribution in [0.25, 0.3) is 0 Å². The number of halogens is 1. The quantitative estimate of drug-likeness (QED) is 0.568. The van der Waals surface area contributed by atoms with Gasteiger partial charge >= 0.3 is 11.9 Å². The molecule has 0 aromatic carbocycles. The van der Waals surface area contributed by atoms with Crippen LogP contribution in [0, 0.1) is 5.41 Å². The molecule has 1 fully saturated rings. The largest absolute Gasteiger partial charge is 0.465 e. The summed E-state index contributed by atoms with van der Waals surface area (Å²) in [5, 5.41) is 0.445. The molecule has 0 aromatic rings.